The van der Waals surface area contributed by atoms with Crippen molar-refractivity contribution in [2.24, 2.45) is 0 Å². The van der Waals surface area contributed by atoms with Gasteiger partial charge in [0.1, 0.15) is 5.82 Å². The minimum atomic E-state index is 0.836. The molecule has 0 saturated carbocycles. The van der Waals surface area contributed by atoms with E-state index >= 15 is 0 Å². The molecule has 3 heteroatoms. The van der Waals surface area contributed by atoms with Gasteiger partial charge in [0.25, 0.3) is 0 Å². The number of benzene rings is 5. The standard InChI is InChI=1S/C32H21N3/c1-2-10-23(11-3-1)35-29-16-7-6-13-25(29)27-19-21(17-18-30(27)35)32-33-28-15-8-14-26-24-12-5-4-9-22(24)20-34(32)31(26)28/h1-19H,20H2. The normalized spacial score (nSPS) is 12.5. The first-order valence-corrected chi connectivity index (χ1v) is 12.0. The highest BCUT2D eigenvalue weighted by atomic mass is 15.1. The summed E-state index contributed by atoms with van der Waals surface area (Å²) in [6.07, 6.45) is 0. The van der Waals surface area contributed by atoms with E-state index in [1.165, 1.54) is 49.7 Å². The van der Waals surface area contributed by atoms with Gasteiger partial charge >= 0.3 is 0 Å². The van der Waals surface area contributed by atoms with Crippen molar-refractivity contribution in [1.29, 1.82) is 0 Å². The molecule has 0 atom stereocenters. The Morgan fingerprint density at radius 3 is 2.31 bits per heavy atom. The third kappa shape index (κ3) is 2.58. The highest BCUT2D eigenvalue weighted by Crippen LogP contribution is 2.40. The molecule has 3 nitrogen and oxygen atoms in total. The second kappa shape index (κ2) is 6.94. The Balaban J connectivity index is 1.41. The van der Waals surface area contributed by atoms with E-state index in [9.17, 15) is 0 Å². The van der Waals surface area contributed by atoms with Gasteiger partial charge < -0.3 is 9.13 Å². The molecule has 1 aliphatic heterocycles. The Labute approximate surface area is 202 Å². The molecule has 164 valence electrons. The summed E-state index contributed by atoms with van der Waals surface area (Å²) in [6, 6.07) is 41.3. The van der Waals surface area contributed by atoms with Crippen LogP contribution < -0.4 is 0 Å². The van der Waals surface area contributed by atoms with Crippen LogP contribution in [0, 0.1) is 0 Å². The summed E-state index contributed by atoms with van der Waals surface area (Å²) in [7, 11) is 0. The van der Waals surface area contributed by atoms with Crippen LogP contribution >= 0.6 is 0 Å². The van der Waals surface area contributed by atoms with Gasteiger partial charge in [0.15, 0.2) is 0 Å². The quantitative estimate of drug-likeness (QED) is 0.265. The molecular weight excluding hydrogens is 426 g/mol. The number of para-hydroxylation sites is 3. The van der Waals surface area contributed by atoms with Crippen LogP contribution in [0.25, 0.3) is 61.0 Å². The highest BCUT2D eigenvalue weighted by Gasteiger charge is 2.23. The van der Waals surface area contributed by atoms with Crippen molar-refractivity contribution >= 4 is 32.8 Å². The first-order valence-electron chi connectivity index (χ1n) is 12.0. The lowest BCUT2D eigenvalue weighted by molar-refractivity contribution is 0.827. The maximum absolute atomic E-state index is 5.15. The lowest BCUT2D eigenvalue weighted by atomic mass is 9.95. The number of rotatable bonds is 2. The summed E-state index contributed by atoms with van der Waals surface area (Å²) in [4.78, 5) is 5.15. The fourth-order valence-electron chi connectivity index (χ4n) is 5.84. The zero-order valence-electron chi connectivity index (χ0n) is 19.0. The highest BCUT2D eigenvalue weighted by molar-refractivity contribution is 6.10. The molecule has 0 aliphatic carbocycles. The predicted molar refractivity (Wildman–Crippen MR) is 144 cm³/mol. The molecule has 0 spiro atoms. The molecule has 5 aromatic carbocycles. The molecule has 0 saturated heterocycles. The zero-order valence-corrected chi connectivity index (χ0v) is 19.0. The Kier molecular flexibility index (Phi) is 3.72. The summed E-state index contributed by atoms with van der Waals surface area (Å²) in [5.41, 5.74) is 11.0. The SMILES string of the molecule is c1ccc(-n2c3ccccc3c3cc(-c4nc5cccc6c5n4Cc4ccccc4-6)ccc32)cc1. The van der Waals surface area contributed by atoms with Crippen LogP contribution in [0.15, 0.2) is 115 Å². The summed E-state index contributed by atoms with van der Waals surface area (Å²) >= 11 is 0. The van der Waals surface area contributed by atoms with E-state index in [0.717, 1.165) is 23.4 Å². The van der Waals surface area contributed by atoms with Crippen molar-refractivity contribution in [3.05, 3.63) is 121 Å². The van der Waals surface area contributed by atoms with Crippen LogP contribution in [0.2, 0.25) is 0 Å². The van der Waals surface area contributed by atoms with Gasteiger partial charge in [-0.3, -0.25) is 0 Å². The van der Waals surface area contributed by atoms with Crippen molar-refractivity contribution < 1.29 is 0 Å². The van der Waals surface area contributed by atoms with E-state index in [2.05, 4.69) is 124 Å². The van der Waals surface area contributed by atoms with Crippen molar-refractivity contribution in [2.75, 3.05) is 0 Å². The Bertz CT molecular complexity index is 1920. The van der Waals surface area contributed by atoms with E-state index in [-0.39, 0.29) is 0 Å². The van der Waals surface area contributed by atoms with Gasteiger partial charge in [-0.2, -0.15) is 0 Å². The van der Waals surface area contributed by atoms with Crippen LogP contribution in [0.4, 0.5) is 0 Å². The van der Waals surface area contributed by atoms with Gasteiger partial charge in [0.05, 0.1) is 28.6 Å². The van der Waals surface area contributed by atoms with Gasteiger partial charge in [-0.15, -0.1) is 0 Å². The second-order valence-corrected chi connectivity index (χ2v) is 9.27. The van der Waals surface area contributed by atoms with E-state index in [1.54, 1.807) is 0 Å². The smallest absolute Gasteiger partial charge is 0.141 e. The van der Waals surface area contributed by atoms with E-state index in [1.807, 2.05) is 0 Å². The van der Waals surface area contributed by atoms with E-state index < -0.39 is 0 Å². The average molecular weight is 448 g/mol. The van der Waals surface area contributed by atoms with Crippen molar-refractivity contribution in [3.8, 4) is 28.2 Å². The molecule has 3 heterocycles. The van der Waals surface area contributed by atoms with Crippen LogP contribution in [0.5, 0.6) is 0 Å². The number of hydrogen-bond acceptors (Lipinski definition) is 1. The van der Waals surface area contributed by atoms with Crippen molar-refractivity contribution in [2.45, 2.75) is 6.54 Å². The maximum Gasteiger partial charge on any atom is 0.141 e. The molecule has 0 N–H and O–H groups in total. The van der Waals surface area contributed by atoms with Gasteiger partial charge in [-0.1, -0.05) is 72.8 Å². The lowest BCUT2D eigenvalue weighted by Gasteiger charge is -2.20. The number of fused-ring (bicyclic) bond motifs is 5. The van der Waals surface area contributed by atoms with Gasteiger partial charge in [-0.05, 0) is 53.6 Å². The summed E-state index contributed by atoms with van der Waals surface area (Å²) in [6.45, 7) is 0.836. The van der Waals surface area contributed by atoms with E-state index in [4.69, 9.17) is 4.98 Å². The Morgan fingerprint density at radius 2 is 1.37 bits per heavy atom. The molecule has 0 bridgehead atoms. The summed E-state index contributed by atoms with van der Waals surface area (Å²) in [5.74, 6) is 1.03. The van der Waals surface area contributed by atoms with Gasteiger partial charge in [0.2, 0.25) is 0 Å². The number of aromatic nitrogens is 3. The minimum Gasteiger partial charge on any atom is -0.319 e. The summed E-state index contributed by atoms with van der Waals surface area (Å²) in [5, 5.41) is 2.51. The number of nitrogens with zero attached hydrogens (tertiary/aromatic N) is 3. The number of imidazole rings is 1. The third-order valence-electron chi connectivity index (χ3n) is 7.35. The van der Waals surface area contributed by atoms with Crippen molar-refractivity contribution in [3.63, 3.8) is 0 Å². The number of hydrogen-bond donors (Lipinski definition) is 0. The minimum absolute atomic E-state index is 0.836. The fraction of sp³-hybridized carbons (Fsp3) is 0.0312. The molecule has 8 rings (SSSR count). The molecule has 0 amide bonds. The zero-order chi connectivity index (χ0) is 22.9. The molecule has 35 heavy (non-hydrogen) atoms. The van der Waals surface area contributed by atoms with Gasteiger partial charge in [-0.25, -0.2) is 4.98 Å². The predicted octanol–water partition coefficient (Wildman–Crippen LogP) is 7.83. The molecular formula is C32H21N3. The molecule has 1 aliphatic rings. The fourth-order valence-corrected chi connectivity index (χ4v) is 5.84. The monoisotopic (exact) mass is 447 g/mol. The van der Waals surface area contributed by atoms with Crippen LogP contribution in [-0.4, -0.2) is 14.1 Å². The summed E-state index contributed by atoms with van der Waals surface area (Å²) < 4.78 is 4.75. The molecule has 0 unspecified atom stereocenters. The molecule has 0 fully saturated rings. The van der Waals surface area contributed by atoms with Gasteiger partial charge in [0, 0.05) is 27.6 Å². The second-order valence-electron chi connectivity index (χ2n) is 9.27. The van der Waals surface area contributed by atoms with Crippen LogP contribution in [0.1, 0.15) is 5.56 Å². The van der Waals surface area contributed by atoms with Crippen LogP contribution in [-0.2, 0) is 6.54 Å². The van der Waals surface area contributed by atoms with E-state index in [0.29, 0.717) is 0 Å². The Hall–Kier alpha value is -4.63. The third-order valence-corrected chi connectivity index (χ3v) is 7.35. The molecule has 2 aromatic heterocycles. The Morgan fingerprint density at radius 1 is 0.600 bits per heavy atom. The molecule has 0 radical (unpaired) electrons. The lowest BCUT2D eigenvalue weighted by Crippen LogP contribution is -2.08. The topological polar surface area (TPSA) is 22.8 Å². The average Bonchev–Trinajstić information content (AvgIpc) is 3.46. The van der Waals surface area contributed by atoms with Crippen LogP contribution in [0.3, 0.4) is 0 Å². The first-order chi connectivity index (χ1) is 17.4. The molecule has 7 aromatic rings. The largest absolute Gasteiger partial charge is 0.319 e. The maximum atomic E-state index is 5.15. The first kappa shape index (κ1) is 18.8. The van der Waals surface area contributed by atoms with Crippen molar-refractivity contribution in [1.82, 2.24) is 14.1 Å².